The Morgan fingerprint density at radius 3 is 2.44 bits per heavy atom. The third kappa shape index (κ3) is 4.35. The van der Waals surface area contributed by atoms with Crippen LogP contribution in [0, 0.1) is 6.92 Å². The lowest BCUT2D eigenvalue weighted by atomic mass is 10.1. The summed E-state index contributed by atoms with van der Waals surface area (Å²) in [6.45, 7) is 1.87. The maximum atomic E-state index is 12.0. The van der Waals surface area contributed by atoms with Crippen LogP contribution < -0.4 is 11.5 Å². The van der Waals surface area contributed by atoms with Gasteiger partial charge >= 0.3 is 0 Å². The summed E-state index contributed by atoms with van der Waals surface area (Å²) in [5, 5.41) is 8.14. The first-order valence-electron chi connectivity index (χ1n) is 8.25. The van der Waals surface area contributed by atoms with Crippen LogP contribution in [0.5, 0.6) is 0 Å². The van der Waals surface area contributed by atoms with Crippen LogP contribution in [0.1, 0.15) is 16.4 Å². The van der Waals surface area contributed by atoms with Crippen LogP contribution in [0.4, 0.5) is 0 Å². The molecule has 0 bridgehead atoms. The molecule has 138 valence electrons. The van der Waals surface area contributed by atoms with Gasteiger partial charge in [-0.2, -0.15) is 0 Å². The highest BCUT2D eigenvalue weighted by Crippen LogP contribution is 2.35. The lowest BCUT2D eigenvalue weighted by molar-refractivity contribution is -0.119. The zero-order valence-corrected chi connectivity index (χ0v) is 15.5. The quantitative estimate of drug-likeness (QED) is 0.608. The van der Waals surface area contributed by atoms with Crippen molar-refractivity contribution in [2.45, 2.75) is 23.9 Å². The predicted octanol–water partition coefficient (Wildman–Crippen LogP) is 2.06. The highest BCUT2D eigenvalue weighted by atomic mass is 32.2. The number of carbonyl (C=O) groups excluding carboxylic acids is 2. The average molecular weight is 381 g/mol. The molecule has 7 nitrogen and oxygen atoms in total. The molecule has 1 aromatic heterocycles. The van der Waals surface area contributed by atoms with E-state index in [4.69, 9.17) is 11.5 Å². The Morgan fingerprint density at radius 2 is 1.81 bits per heavy atom. The molecule has 1 heterocycles. The topological polar surface area (TPSA) is 117 Å². The van der Waals surface area contributed by atoms with E-state index in [1.165, 1.54) is 0 Å². The number of hydrogen-bond donors (Lipinski definition) is 2. The molecule has 4 N–H and O–H groups in total. The molecule has 3 aromatic rings. The molecule has 0 aliphatic carbocycles. The summed E-state index contributed by atoms with van der Waals surface area (Å²) in [6, 6.07) is 16.8. The lowest BCUT2D eigenvalue weighted by Gasteiger charge is -2.14. The molecule has 2 amide bonds. The number of hydrogen-bond acceptors (Lipinski definition) is 5. The van der Waals surface area contributed by atoms with E-state index < -0.39 is 17.1 Å². The number of benzene rings is 2. The second-order valence-electron chi connectivity index (χ2n) is 6.04. The molecule has 0 aliphatic rings. The van der Waals surface area contributed by atoms with Crippen LogP contribution in [0.15, 0.2) is 59.8 Å². The molecule has 0 saturated carbocycles. The number of nitrogens with zero attached hydrogens (tertiary/aromatic N) is 3. The fourth-order valence-electron chi connectivity index (χ4n) is 2.70. The van der Waals surface area contributed by atoms with Gasteiger partial charge in [0, 0.05) is 5.56 Å². The fraction of sp³-hybridized carbons (Fsp3) is 0.158. The summed E-state index contributed by atoms with van der Waals surface area (Å²) in [5.41, 5.74) is 13.6. The minimum absolute atomic E-state index is 0.0983. The molecule has 0 spiro atoms. The number of aryl methyl sites for hydroxylation is 1. The third-order valence-electron chi connectivity index (χ3n) is 3.89. The Morgan fingerprint density at radius 1 is 1.07 bits per heavy atom. The predicted molar refractivity (Wildman–Crippen MR) is 104 cm³/mol. The Balaban J connectivity index is 2.02. The van der Waals surface area contributed by atoms with E-state index in [9.17, 15) is 9.59 Å². The number of amides is 2. The Bertz CT molecular complexity index is 971. The van der Waals surface area contributed by atoms with Gasteiger partial charge in [0.2, 0.25) is 11.8 Å². The number of nitrogens with two attached hydrogens (primary N) is 2. The minimum Gasteiger partial charge on any atom is -0.368 e. The fourth-order valence-corrected chi connectivity index (χ4v) is 3.68. The maximum Gasteiger partial charge on any atom is 0.237 e. The van der Waals surface area contributed by atoms with Gasteiger partial charge < -0.3 is 11.5 Å². The van der Waals surface area contributed by atoms with Crippen molar-refractivity contribution in [1.29, 1.82) is 0 Å². The second-order valence-corrected chi connectivity index (χ2v) is 7.11. The number of thioether (sulfide) groups is 1. The summed E-state index contributed by atoms with van der Waals surface area (Å²) in [4.78, 5) is 23.6. The van der Waals surface area contributed by atoms with Crippen molar-refractivity contribution >= 4 is 23.6 Å². The molecule has 0 fully saturated rings. The van der Waals surface area contributed by atoms with Gasteiger partial charge in [0.25, 0.3) is 0 Å². The monoisotopic (exact) mass is 381 g/mol. The number of primary amides is 2. The van der Waals surface area contributed by atoms with E-state index in [1.54, 1.807) is 4.57 Å². The van der Waals surface area contributed by atoms with E-state index >= 15 is 0 Å². The molecule has 3 rings (SSSR count). The maximum absolute atomic E-state index is 12.0. The zero-order valence-electron chi connectivity index (χ0n) is 14.7. The smallest absolute Gasteiger partial charge is 0.237 e. The summed E-state index contributed by atoms with van der Waals surface area (Å²) in [6.07, 6.45) is 0. The van der Waals surface area contributed by atoms with Crippen molar-refractivity contribution < 1.29 is 9.59 Å². The molecule has 1 atom stereocenters. The third-order valence-corrected chi connectivity index (χ3v) is 5.14. The van der Waals surface area contributed by atoms with Crippen LogP contribution in [-0.2, 0) is 16.1 Å². The summed E-state index contributed by atoms with van der Waals surface area (Å²) >= 11 is 1.15. The van der Waals surface area contributed by atoms with Crippen LogP contribution >= 0.6 is 11.8 Å². The van der Waals surface area contributed by atoms with Gasteiger partial charge in [-0.3, -0.25) is 14.2 Å². The highest BCUT2D eigenvalue weighted by Gasteiger charge is 2.24. The first-order valence-corrected chi connectivity index (χ1v) is 9.13. The molecule has 8 heteroatoms. The highest BCUT2D eigenvalue weighted by molar-refractivity contribution is 8.00. The molecular formula is C19H19N5O2S. The lowest BCUT2D eigenvalue weighted by Crippen LogP contribution is -2.22. The summed E-state index contributed by atoms with van der Waals surface area (Å²) in [7, 11) is 0. The molecule has 0 aliphatic heterocycles. The van der Waals surface area contributed by atoms with Crippen LogP contribution in [0.25, 0.3) is 11.4 Å². The van der Waals surface area contributed by atoms with Gasteiger partial charge in [-0.25, -0.2) is 0 Å². The first kappa shape index (κ1) is 18.7. The normalized spacial score (nSPS) is 11.9. The standard InChI is InChI=1S/C19H19N5O2S/c1-12-6-5-9-14(10-12)18-22-23-19(24(18)11-15(20)25)27-16(17(21)26)13-7-3-2-4-8-13/h2-10,16H,11H2,1H3,(H2,20,25)(H2,21,26). The molecule has 2 aromatic carbocycles. The van der Waals surface area contributed by atoms with Crippen molar-refractivity contribution in [3.05, 3.63) is 65.7 Å². The van der Waals surface area contributed by atoms with Crippen LogP contribution in [-0.4, -0.2) is 26.6 Å². The second kappa shape index (κ2) is 8.05. The minimum atomic E-state index is -0.660. The van der Waals surface area contributed by atoms with Gasteiger partial charge in [-0.15, -0.1) is 10.2 Å². The Hall–Kier alpha value is -3.13. The van der Waals surface area contributed by atoms with Crippen LogP contribution in [0.2, 0.25) is 0 Å². The van der Waals surface area contributed by atoms with Crippen molar-refractivity contribution in [3.8, 4) is 11.4 Å². The van der Waals surface area contributed by atoms with Gasteiger partial charge in [0.05, 0.1) is 0 Å². The van der Waals surface area contributed by atoms with Gasteiger partial charge in [0.1, 0.15) is 11.8 Å². The van der Waals surface area contributed by atoms with Crippen molar-refractivity contribution in [1.82, 2.24) is 14.8 Å². The number of carbonyl (C=O) groups is 2. The van der Waals surface area contributed by atoms with E-state index in [0.717, 1.165) is 28.5 Å². The number of rotatable bonds is 7. The van der Waals surface area contributed by atoms with E-state index in [1.807, 2.05) is 61.5 Å². The van der Waals surface area contributed by atoms with Crippen molar-refractivity contribution in [3.63, 3.8) is 0 Å². The molecular weight excluding hydrogens is 362 g/mol. The average Bonchev–Trinajstić information content (AvgIpc) is 3.02. The summed E-state index contributed by atoms with van der Waals surface area (Å²) in [5.74, 6) is -0.519. The number of aromatic nitrogens is 3. The largest absolute Gasteiger partial charge is 0.368 e. The Kier molecular flexibility index (Phi) is 5.56. The van der Waals surface area contributed by atoms with Crippen molar-refractivity contribution in [2.24, 2.45) is 11.5 Å². The van der Waals surface area contributed by atoms with Gasteiger partial charge in [-0.05, 0) is 18.6 Å². The molecule has 27 heavy (non-hydrogen) atoms. The first-order chi connectivity index (χ1) is 13.0. The van der Waals surface area contributed by atoms with Gasteiger partial charge in [0.15, 0.2) is 11.0 Å². The van der Waals surface area contributed by atoms with Crippen molar-refractivity contribution in [2.75, 3.05) is 0 Å². The van der Waals surface area contributed by atoms with E-state index in [0.29, 0.717) is 11.0 Å². The summed E-state index contributed by atoms with van der Waals surface area (Å²) < 4.78 is 1.61. The van der Waals surface area contributed by atoms with Crippen LogP contribution in [0.3, 0.4) is 0 Å². The molecule has 1 unspecified atom stereocenters. The molecule has 0 radical (unpaired) electrons. The molecule has 0 saturated heterocycles. The SMILES string of the molecule is Cc1cccc(-c2nnc(SC(C(N)=O)c3ccccc3)n2CC(N)=O)c1. The van der Waals surface area contributed by atoms with E-state index in [-0.39, 0.29) is 6.54 Å². The zero-order chi connectivity index (χ0) is 19.4. The van der Waals surface area contributed by atoms with E-state index in [2.05, 4.69) is 10.2 Å². The Labute approximate surface area is 160 Å². The van der Waals surface area contributed by atoms with Gasteiger partial charge in [-0.1, -0.05) is 65.9 Å².